The zero-order valence-electron chi connectivity index (χ0n) is 16.8. The van der Waals surface area contributed by atoms with E-state index in [2.05, 4.69) is 42.1 Å². The fourth-order valence-electron chi connectivity index (χ4n) is 4.48. The number of pyridine rings is 1. The van der Waals surface area contributed by atoms with E-state index in [4.69, 9.17) is 14.5 Å². The van der Waals surface area contributed by atoms with Crippen LogP contribution in [0.15, 0.2) is 49.1 Å². The number of nitrogens with zero attached hydrogens (tertiary/aromatic N) is 4. The van der Waals surface area contributed by atoms with Gasteiger partial charge in [-0.15, -0.1) is 0 Å². The lowest BCUT2D eigenvalue weighted by Crippen LogP contribution is -2.50. The van der Waals surface area contributed by atoms with E-state index in [1.54, 1.807) is 19.8 Å². The first-order valence-electron chi connectivity index (χ1n) is 9.88. The Morgan fingerprint density at radius 3 is 2.82 bits per heavy atom. The number of methoxy groups -OCH3 is 1. The Kier molecular flexibility index (Phi) is 5.42. The molecule has 0 aliphatic heterocycles. The Bertz CT molecular complexity index is 910. The van der Waals surface area contributed by atoms with Gasteiger partial charge in [0.25, 0.3) is 0 Å². The smallest absolute Gasteiger partial charge is 0.137 e. The van der Waals surface area contributed by atoms with Crippen molar-refractivity contribution in [3.8, 4) is 0 Å². The van der Waals surface area contributed by atoms with E-state index in [1.165, 1.54) is 0 Å². The van der Waals surface area contributed by atoms with Gasteiger partial charge in [0.05, 0.1) is 36.6 Å². The summed E-state index contributed by atoms with van der Waals surface area (Å²) in [5, 5.41) is 5.44. The molecule has 4 rings (SSSR count). The predicted molar refractivity (Wildman–Crippen MR) is 108 cm³/mol. The third-order valence-corrected chi connectivity index (χ3v) is 5.93. The highest BCUT2D eigenvalue weighted by Crippen LogP contribution is 2.42. The van der Waals surface area contributed by atoms with Gasteiger partial charge < -0.3 is 9.47 Å². The highest BCUT2D eigenvalue weighted by Gasteiger charge is 2.45. The van der Waals surface area contributed by atoms with Gasteiger partial charge in [0.15, 0.2) is 0 Å². The number of aromatic nitrogens is 4. The Morgan fingerprint density at radius 1 is 1.18 bits per heavy atom. The van der Waals surface area contributed by atoms with Gasteiger partial charge in [0.2, 0.25) is 0 Å². The summed E-state index contributed by atoms with van der Waals surface area (Å²) in [5.41, 5.74) is 2.06. The van der Waals surface area contributed by atoms with Crippen LogP contribution in [-0.4, -0.2) is 39.1 Å². The first-order valence-corrected chi connectivity index (χ1v) is 9.88. The minimum absolute atomic E-state index is 0.0930. The molecule has 0 amide bonds. The molecule has 0 bridgehead atoms. The van der Waals surface area contributed by atoms with Crippen molar-refractivity contribution in [3.63, 3.8) is 0 Å². The summed E-state index contributed by atoms with van der Waals surface area (Å²) < 4.78 is 14.2. The lowest BCUT2D eigenvalue weighted by atomic mass is 9.68. The maximum absolute atomic E-state index is 6.40. The minimum atomic E-state index is 0.0930. The van der Waals surface area contributed by atoms with Gasteiger partial charge in [-0.2, -0.15) is 5.10 Å². The fourth-order valence-corrected chi connectivity index (χ4v) is 4.48. The van der Waals surface area contributed by atoms with Crippen molar-refractivity contribution in [1.29, 1.82) is 0 Å². The molecule has 148 valence electrons. The largest absolute Gasteiger partial charge is 0.380 e. The average molecular weight is 380 g/mol. The number of hydrogen-bond acceptors (Lipinski definition) is 5. The molecule has 2 aromatic heterocycles. The lowest BCUT2D eigenvalue weighted by molar-refractivity contribution is -0.140. The topological polar surface area (TPSA) is 62.1 Å². The molecule has 3 atom stereocenters. The van der Waals surface area contributed by atoms with Crippen molar-refractivity contribution in [2.75, 3.05) is 7.11 Å². The summed E-state index contributed by atoms with van der Waals surface area (Å²) in [6.07, 6.45) is 5.59. The highest BCUT2D eigenvalue weighted by atomic mass is 16.5. The third-order valence-electron chi connectivity index (χ3n) is 5.93. The highest BCUT2D eigenvalue weighted by molar-refractivity contribution is 5.78. The van der Waals surface area contributed by atoms with Crippen LogP contribution in [0.5, 0.6) is 0 Å². The zero-order chi connectivity index (χ0) is 19.6. The Morgan fingerprint density at radius 2 is 2.04 bits per heavy atom. The zero-order valence-corrected chi connectivity index (χ0v) is 16.8. The van der Waals surface area contributed by atoms with E-state index in [0.29, 0.717) is 6.61 Å². The first kappa shape index (κ1) is 19.0. The molecule has 1 aliphatic rings. The number of rotatable bonds is 6. The number of fused-ring (bicyclic) bond motifs is 1. The molecule has 3 aromatic rings. The molecule has 2 heterocycles. The molecule has 28 heavy (non-hydrogen) atoms. The van der Waals surface area contributed by atoms with Crippen LogP contribution in [-0.2, 0) is 22.6 Å². The van der Waals surface area contributed by atoms with Crippen LogP contribution in [0.1, 0.15) is 32.4 Å². The average Bonchev–Trinajstić information content (AvgIpc) is 3.20. The molecule has 0 N–H and O–H groups in total. The number of benzene rings is 1. The van der Waals surface area contributed by atoms with Crippen LogP contribution in [0.4, 0.5) is 0 Å². The molecule has 0 radical (unpaired) electrons. The summed E-state index contributed by atoms with van der Waals surface area (Å²) in [6, 6.07) is 12.3. The monoisotopic (exact) mass is 380 g/mol. The van der Waals surface area contributed by atoms with Crippen molar-refractivity contribution in [3.05, 3.63) is 54.7 Å². The van der Waals surface area contributed by atoms with E-state index in [0.717, 1.165) is 36.0 Å². The fraction of sp³-hybridized carbons (Fsp3) is 0.500. The summed E-state index contributed by atoms with van der Waals surface area (Å²) >= 11 is 0. The van der Waals surface area contributed by atoms with Gasteiger partial charge in [0.1, 0.15) is 12.7 Å². The maximum Gasteiger partial charge on any atom is 0.137 e. The van der Waals surface area contributed by atoms with E-state index in [1.807, 2.05) is 22.9 Å². The molecular formula is C22H28N4O2. The minimum Gasteiger partial charge on any atom is -0.380 e. The van der Waals surface area contributed by atoms with Crippen LogP contribution in [0.3, 0.4) is 0 Å². The van der Waals surface area contributed by atoms with Crippen LogP contribution in [0, 0.1) is 11.3 Å². The van der Waals surface area contributed by atoms with Gasteiger partial charge >= 0.3 is 0 Å². The second-order valence-corrected chi connectivity index (χ2v) is 8.31. The number of para-hydroxylation sites is 1. The standard InChI is InChI=1S/C22H28N4O2/c1-22(2)11-10-20(18(21(22)27-3)12-26-15-23-14-24-26)28-13-17-9-8-16-6-4-5-7-19(16)25-17/h4-9,14-15,18,20-21H,10-13H2,1-3H3/t18-,20-,21-/m1/s1. The van der Waals surface area contributed by atoms with Crippen LogP contribution >= 0.6 is 0 Å². The molecule has 6 heteroatoms. The van der Waals surface area contributed by atoms with E-state index < -0.39 is 0 Å². The third kappa shape index (κ3) is 3.93. The van der Waals surface area contributed by atoms with Gasteiger partial charge in [-0.1, -0.05) is 38.1 Å². The molecule has 1 aromatic carbocycles. The quantitative estimate of drug-likeness (QED) is 0.650. The maximum atomic E-state index is 6.40. The van der Waals surface area contributed by atoms with Crippen molar-refractivity contribution in [2.45, 2.75) is 52.0 Å². The molecule has 6 nitrogen and oxygen atoms in total. The second-order valence-electron chi connectivity index (χ2n) is 8.31. The Balaban J connectivity index is 1.51. The summed E-state index contributed by atoms with van der Waals surface area (Å²) in [6.45, 7) is 5.78. The summed E-state index contributed by atoms with van der Waals surface area (Å²) in [5.74, 6) is 0.205. The summed E-state index contributed by atoms with van der Waals surface area (Å²) in [4.78, 5) is 8.83. The first-order chi connectivity index (χ1) is 13.6. The van der Waals surface area contributed by atoms with Crippen molar-refractivity contribution >= 4 is 10.9 Å². The van der Waals surface area contributed by atoms with Crippen molar-refractivity contribution < 1.29 is 9.47 Å². The van der Waals surface area contributed by atoms with Crippen molar-refractivity contribution in [1.82, 2.24) is 19.7 Å². The molecule has 1 fully saturated rings. The van der Waals surface area contributed by atoms with Crippen LogP contribution in [0.25, 0.3) is 10.9 Å². The van der Waals surface area contributed by atoms with Crippen molar-refractivity contribution in [2.24, 2.45) is 11.3 Å². The van der Waals surface area contributed by atoms with E-state index >= 15 is 0 Å². The molecule has 0 spiro atoms. The number of ether oxygens (including phenoxy) is 2. The van der Waals surface area contributed by atoms with Gasteiger partial charge in [-0.25, -0.2) is 4.98 Å². The van der Waals surface area contributed by atoms with E-state index in [9.17, 15) is 0 Å². The lowest BCUT2D eigenvalue weighted by Gasteiger charge is -2.46. The molecular weight excluding hydrogens is 352 g/mol. The predicted octanol–water partition coefficient (Wildman–Crippen LogP) is 3.86. The van der Waals surface area contributed by atoms with Gasteiger partial charge in [0, 0.05) is 18.4 Å². The molecule has 1 aliphatic carbocycles. The SMILES string of the molecule is CO[C@@H]1[C@H](Cn2cncn2)[C@H](OCc2ccc3ccccc3n2)CCC1(C)C. The van der Waals surface area contributed by atoms with Gasteiger partial charge in [-0.3, -0.25) is 9.67 Å². The Labute approximate surface area is 165 Å². The van der Waals surface area contributed by atoms with Crippen LogP contribution < -0.4 is 0 Å². The number of hydrogen-bond donors (Lipinski definition) is 0. The Hall–Kier alpha value is -2.31. The summed E-state index contributed by atoms with van der Waals surface area (Å²) in [7, 11) is 1.80. The second kappa shape index (κ2) is 7.97. The van der Waals surface area contributed by atoms with E-state index in [-0.39, 0.29) is 23.5 Å². The van der Waals surface area contributed by atoms with Crippen LogP contribution in [0.2, 0.25) is 0 Å². The molecule has 0 saturated heterocycles. The molecule has 0 unspecified atom stereocenters. The van der Waals surface area contributed by atoms with Gasteiger partial charge in [-0.05, 0) is 30.4 Å². The molecule has 1 saturated carbocycles. The normalized spacial score (nSPS) is 24.5.